The smallest absolute Gasteiger partial charge is 0.304 e. The summed E-state index contributed by atoms with van der Waals surface area (Å²) < 4.78 is 53.5. The predicted octanol–water partition coefficient (Wildman–Crippen LogP) is 6.74. The minimum absolute atomic E-state index is 0.124. The Morgan fingerprint density at radius 3 is 2.36 bits per heavy atom. The van der Waals surface area contributed by atoms with Crippen LogP contribution in [0.25, 0.3) is 10.1 Å². The van der Waals surface area contributed by atoms with Crippen LogP contribution in [0.3, 0.4) is 0 Å². The van der Waals surface area contributed by atoms with Crippen LogP contribution in [-0.2, 0) is 19.3 Å². The van der Waals surface area contributed by atoms with Crippen molar-refractivity contribution in [1.29, 1.82) is 0 Å². The van der Waals surface area contributed by atoms with E-state index >= 15 is 0 Å². The first-order valence-electron chi connectivity index (χ1n) is 6.42. The SMILES string of the molecule is CCOP(=O)(OCC)C(F)(F)c1sc2cc(Br)ccc2c1Br. The molecule has 0 saturated carbocycles. The maximum Gasteiger partial charge on any atom is 0.405 e. The summed E-state index contributed by atoms with van der Waals surface area (Å²) in [5.74, 6) is 0. The second-order valence-corrected chi connectivity index (χ2v) is 9.09. The Kier molecular flexibility index (Phi) is 5.84. The summed E-state index contributed by atoms with van der Waals surface area (Å²) >= 11 is 7.36. The van der Waals surface area contributed by atoms with Crippen molar-refractivity contribution in [2.75, 3.05) is 13.2 Å². The highest BCUT2D eigenvalue weighted by molar-refractivity contribution is 9.11. The Bertz CT molecular complexity index is 725. The first-order chi connectivity index (χ1) is 10.3. The van der Waals surface area contributed by atoms with Gasteiger partial charge in [0.05, 0.1) is 13.2 Å². The third-order valence-corrected chi connectivity index (χ3v) is 7.87. The summed E-state index contributed by atoms with van der Waals surface area (Å²) in [4.78, 5) is -0.356. The van der Waals surface area contributed by atoms with Gasteiger partial charge in [-0.1, -0.05) is 22.0 Å². The van der Waals surface area contributed by atoms with Crippen LogP contribution in [0.4, 0.5) is 8.78 Å². The second kappa shape index (κ2) is 6.95. The van der Waals surface area contributed by atoms with Gasteiger partial charge in [0.15, 0.2) is 0 Å². The second-order valence-electron chi connectivity index (χ2n) is 4.26. The summed E-state index contributed by atoms with van der Waals surface area (Å²) in [6.45, 7) is 2.75. The largest absolute Gasteiger partial charge is 0.405 e. The highest BCUT2D eigenvalue weighted by Gasteiger charge is 2.57. The summed E-state index contributed by atoms with van der Waals surface area (Å²) in [7, 11) is -4.60. The van der Waals surface area contributed by atoms with Crippen LogP contribution in [0, 0.1) is 0 Å². The van der Waals surface area contributed by atoms with E-state index in [0.29, 0.717) is 10.1 Å². The fourth-order valence-corrected chi connectivity index (χ4v) is 6.45. The Morgan fingerprint density at radius 1 is 1.23 bits per heavy atom. The molecule has 2 rings (SSSR count). The fourth-order valence-electron chi connectivity index (χ4n) is 1.90. The lowest BCUT2D eigenvalue weighted by molar-refractivity contribution is 0.0387. The van der Waals surface area contributed by atoms with E-state index in [1.54, 1.807) is 18.2 Å². The zero-order valence-corrected chi connectivity index (χ0v) is 16.6. The van der Waals surface area contributed by atoms with Crippen LogP contribution in [0.1, 0.15) is 18.7 Å². The lowest BCUT2D eigenvalue weighted by Gasteiger charge is -2.25. The van der Waals surface area contributed by atoms with Crippen LogP contribution in [-0.4, -0.2) is 13.2 Å². The molecule has 0 aliphatic carbocycles. The van der Waals surface area contributed by atoms with Gasteiger partial charge >= 0.3 is 13.3 Å². The van der Waals surface area contributed by atoms with Crippen LogP contribution in [0.5, 0.6) is 0 Å². The molecule has 0 fully saturated rings. The molecule has 1 aromatic carbocycles. The number of fused-ring (bicyclic) bond motifs is 1. The molecule has 0 amide bonds. The van der Waals surface area contributed by atoms with Gasteiger partial charge in [0.2, 0.25) is 0 Å². The predicted molar refractivity (Wildman–Crippen MR) is 92.0 cm³/mol. The van der Waals surface area contributed by atoms with Crippen molar-refractivity contribution >= 4 is 60.9 Å². The van der Waals surface area contributed by atoms with E-state index in [2.05, 4.69) is 31.9 Å². The van der Waals surface area contributed by atoms with Crippen molar-refractivity contribution in [1.82, 2.24) is 0 Å². The fraction of sp³-hybridized carbons (Fsp3) is 0.385. The highest BCUT2D eigenvalue weighted by atomic mass is 79.9. The number of alkyl halides is 2. The van der Waals surface area contributed by atoms with E-state index in [4.69, 9.17) is 9.05 Å². The van der Waals surface area contributed by atoms with Crippen LogP contribution in [0.15, 0.2) is 27.1 Å². The molecule has 1 heterocycles. The standard InChI is InChI=1S/C13H13Br2F2O3PS/c1-3-19-21(18,20-4-2)13(16,17)12-11(15)9-6-5-8(14)7-10(9)22-12/h5-7H,3-4H2,1-2H3. The van der Waals surface area contributed by atoms with Crippen LogP contribution < -0.4 is 0 Å². The Labute approximate surface area is 147 Å². The van der Waals surface area contributed by atoms with Crippen molar-refractivity contribution in [2.24, 2.45) is 0 Å². The summed E-state index contributed by atoms with van der Waals surface area (Å²) in [5.41, 5.74) is -3.73. The lowest BCUT2D eigenvalue weighted by atomic mass is 10.2. The number of halogens is 4. The van der Waals surface area contributed by atoms with Crippen LogP contribution in [0.2, 0.25) is 0 Å². The summed E-state index contributed by atoms with van der Waals surface area (Å²) in [6.07, 6.45) is 0. The maximum absolute atomic E-state index is 14.8. The van der Waals surface area contributed by atoms with Crippen molar-refractivity contribution in [3.05, 3.63) is 32.0 Å². The molecule has 1 aromatic heterocycles. The molecule has 2 aromatic rings. The van der Waals surface area contributed by atoms with Gasteiger partial charge in [-0.05, 0) is 41.9 Å². The molecule has 0 unspecified atom stereocenters. The number of rotatable bonds is 6. The number of hydrogen-bond acceptors (Lipinski definition) is 4. The lowest BCUT2D eigenvalue weighted by Crippen LogP contribution is -2.17. The van der Waals surface area contributed by atoms with Crippen molar-refractivity contribution in [2.45, 2.75) is 19.5 Å². The first-order valence-corrected chi connectivity index (χ1v) is 10.4. The molecule has 0 saturated heterocycles. The number of benzene rings is 1. The van der Waals surface area contributed by atoms with Gasteiger partial charge < -0.3 is 9.05 Å². The van der Waals surface area contributed by atoms with Crippen molar-refractivity contribution < 1.29 is 22.4 Å². The molecule has 0 spiro atoms. The van der Waals surface area contributed by atoms with E-state index < -0.39 is 13.3 Å². The Hall–Kier alpha value is 0.150. The van der Waals surface area contributed by atoms with Gasteiger partial charge in [-0.3, -0.25) is 4.57 Å². The van der Waals surface area contributed by atoms with E-state index in [1.165, 1.54) is 13.8 Å². The van der Waals surface area contributed by atoms with Gasteiger partial charge in [0.1, 0.15) is 4.88 Å². The van der Waals surface area contributed by atoms with Gasteiger partial charge in [-0.2, -0.15) is 8.78 Å². The summed E-state index contributed by atoms with van der Waals surface area (Å²) in [6, 6.07) is 5.20. The molecular weight excluding hydrogens is 465 g/mol. The molecule has 0 aliphatic heterocycles. The molecule has 0 radical (unpaired) electrons. The zero-order chi connectivity index (χ0) is 16.5. The number of thiophene rings is 1. The third-order valence-electron chi connectivity index (χ3n) is 2.81. The molecule has 0 N–H and O–H groups in total. The third kappa shape index (κ3) is 3.19. The first kappa shape index (κ1) is 18.5. The average molecular weight is 478 g/mol. The molecule has 0 atom stereocenters. The average Bonchev–Trinajstić information content (AvgIpc) is 2.76. The zero-order valence-electron chi connectivity index (χ0n) is 11.7. The van der Waals surface area contributed by atoms with Gasteiger partial charge in [-0.15, -0.1) is 11.3 Å². The van der Waals surface area contributed by atoms with E-state index in [-0.39, 0.29) is 22.6 Å². The summed E-state index contributed by atoms with van der Waals surface area (Å²) in [5, 5.41) is 0.627. The van der Waals surface area contributed by atoms with Crippen molar-refractivity contribution in [3.8, 4) is 0 Å². The molecule has 122 valence electrons. The van der Waals surface area contributed by atoms with Crippen molar-refractivity contribution in [3.63, 3.8) is 0 Å². The minimum atomic E-state index is -4.60. The molecule has 0 aliphatic rings. The molecule has 0 bridgehead atoms. The Morgan fingerprint density at radius 2 is 1.82 bits per heavy atom. The quantitative estimate of drug-likeness (QED) is 0.432. The highest BCUT2D eigenvalue weighted by Crippen LogP contribution is 2.69. The van der Waals surface area contributed by atoms with Gasteiger partial charge in [0.25, 0.3) is 0 Å². The minimum Gasteiger partial charge on any atom is -0.304 e. The Balaban J connectivity index is 2.61. The normalized spacial score (nSPS) is 13.0. The van der Waals surface area contributed by atoms with E-state index in [1.807, 2.05) is 0 Å². The maximum atomic E-state index is 14.8. The molecule has 22 heavy (non-hydrogen) atoms. The number of hydrogen-bond donors (Lipinski definition) is 0. The van der Waals surface area contributed by atoms with Crippen LogP contribution >= 0.6 is 50.8 Å². The van der Waals surface area contributed by atoms with Gasteiger partial charge in [-0.25, -0.2) is 0 Å². The molecule has 9 heteroatoms. The topological polar surface area (TPSA) is 35.5 Å². The molecule has 3 nitrogen and oxygen atoms in total. The van der Waals surface area contributed by atoms with E-state index in [9.17, 15) is 13.3 Å². The monoisotopic (exact) mass is 476 g/mol. The van der Waals surface area contributed by atoms with Gasteiger partial charge in [0, 0.05) is 19.0 Å². The van der Waals surface area contributed by atoms with E-state index in [0.717, 1.165) is 15.8 Å². The molecular formula is C13H13Br2F2O3PS.